The first-order chi connectivity index (χ1) is 9.65. The highest BCUT2D eigenvalue weighted by Crippen LogP contribution is 2.42. The summed E-state index contributed by atoms with van der Waals surface area (Å²) in [5.74, 6) is 0. The topological polar surface area (TPSA) is 55.2 Å². The highest BCUT2D eigenvalue weighted by molar-refractivity contribution is 7.23. The molecule has 1 aromatic heterocycles. The second kappa shape index (κ2) is 5.11. The zero-order valence-corrected chi connectivity index (χ0v) is 11.7. The molecule has 0 saturated heterocycles. The number of rotatable bonds is 3. The van der Waals surface area contributed by atoms with E-state index in [9.17, 15) is 10.1 Å². The monoisotopic (exact) mass is 304 g/mol. The summed E-state index contributed by atoms with van der Waals surface area (Å²) < 4.78 is 0.885. The molecule has 0 fully saturated rings. The molecule has 0 aliphatic carbocycles. The quantitative estimate of drug-likeness (QED) is 0.534. The minimum atomic E-state index is -0.358. The van der Waals surface area contributed by atoms with E-state index >= 15 is 0 Å². The molecule has 0 unspecified atom stereocenters. The van der Waals surface area contributed by atoms with Crippen LogP contribution in [0, 0.1) is 10.1 Å². The minimum absolute atomic E-state index is 0.112. The largest absolute Gasteiger partial charge is 0.349 e. The van der Waals surface area contributed by atoms with E-state index in [4.69, 9.17) is 11.6 Å². The number of nitrogens with one attached hydrogen (secondary N) is 1. The molecule has 0 amide bonds. The van der Waals surface area contributed by atoms with Gasteiger partial charge in [0.05, 0.1) is 4.92 Å². The van der Waals surface area contributed by atoms with Crippen molar-refractivity contribution < 1.29 is 4.92 Å². The summed E-state index contributed by atoms with van der Waals surface area (Å²) in [6, 6.07) is 14.5. The Morgan fingerprint density at radius 3 is 2.50 bits per heavy atom. The lowest BCUT2D eigenvalue weighted by molar-refractivity contribution is -0.379. The fourth-order valence-electron chi connectivity index (χ4n) is 1.96. The molecule has 2 aromatic carbocycles. The van der Waals surface area contributed by atoms with Gasteiger partial charge in [-0.3, -0.25) is 10.1 Å². The van der Waals surface area contributed by atoms with E-state index in [1.807, 2.05) is 24.3 Å². The van der Waals surface area contributed by atoms with Gasteiger partial charge in [-0.05, 0) is 30.3 Å². The molecule has 6 heteroatoms. The van der Waals surface area contributed by atoms with Gasteiger partial charge in [0.2, 0.25) is 0 Å². The van der Waals surface area contributed by atoms with Crippen molar-refractivity contribution in [1.29, 1.82) is 0 Å². The Bertz CT molecular complexity index is 783. The van der Waals surface area contributed by atoms with E-state index in [0.717, 1.165) is 15.8 Å². The van der Waals surface area contributed by atoms with Crippen molar-refractivity contribution in [1.82, 2.24) is 0 Å². The third-order valence-electron chi connectivity index (χ3n) is 2.86. The van der Waals surface area contributed by atoms with Gasteiger partial charge in [-0.15, -0.1) is 0 Å². The van der Waals surface area contributed by atoms with Crippen molar-refractivity contribution in [3.8, 4) is 0 Å². The van der Waals surface area contributed by atoms with Crippen LogP contribution in [0.5, 0.6) is 0 Å². The number of fused-ring (bicyclic) bond motifs is 1. The van der Waals surface area contributed by atoms with Crippen LogP contribution in [-0.4, -0.2) is 4.92 Å². The Kier molecular flexibility index (Phi) is 3.30. The van der Waals surface area contributed by atoms with Gasteiger partial charge in [-0.25, -0.2) is 0 Å². The van der Waals surface area contributed by atoms with Crippen LogP contribution in [0.25, 0.3) is 10.1 Å². The molecule has 0 saturated carbocycles. The average molecular weight is 305 g/mol. The van der Waals surface area contributed by atoms with Crippen molar-refractivity contribution in [3.63, 3.8) is 0 Å². The maximum atomic E-state index is 11.2. The molecule has 0 aliphatic rings. The summed E-state index contributed by atoms with van der Waals surface area (Å²) in [4.78, 5) is 10.8. The number of halogens is 1. The van der Waals surface area contributed by atoms with Gasteiger partial charge in [0.25, 0.3) is 0 Å². The van der Waals surface area contributed by atoms with Gasteiger partial charge in [0.15, 0.2) is 0 Å². The van der Waals surface area contributed by atoms with Crippen molar-refractivity contribution in [3.05, 3.63) is 63.7 Å². The molecule has 0 bridgehead atoms. The lowest BCUT2D eigenvalue weighted by Crippen LogP contribution is -1.93. The Labute approximate surface area is 123 Å². The molecule has 20 heavy (non-hydrogen) atoms. The lowest BCUT2D eigenvalue weighted by atomic mass is 10.2. The summed E-state index contributed by atoms with van der Waals surface area (Å²) in [5, 5.41) is 15.9. The molecule has 3 rings (SSSR count). The Balaban J connectivity index is 2.11. The van der Waals surface area contributed by atoms with Crippen LogP contribution in [0.2, 0.25) is 5.02 Å². The zero-order valence-electron chi connectivity index (χ0n) is 10.2. The number of nitrogens with zero attached hydrogens (tertiary/aromatic N) is 1. The third-order valence-corrected chi connectivity index (χ3v) is 4.23. The van der Waals surface area contributed by atoms with Crippen LogP contribution >= 0.6 is 22.9 Å². The van der Waals surface area contributed by atoms with Crippen molar-refractivity contribution in [2.24, 2.45) is 0 Å². The smallest absolute Gasteiger partial charge is 0.348 e. The van der Waals surface area contributed by atoms with Gasteiger partial charge in [-0.2, -0.15) is 0 Å². The average Bonchev–Trinajstić information content (AvgIpc) is 2.81. The Morgan fingerprint density at radius 1 is 1.10 bits per heavy atom. The van der Waals surface area contributed by atoms with Crippen LogP contribution in [0.15, 0.2) is 48.5 Å². The molecule has 0 spiro atoms. The van der Waals surface area contributed by atoms with Gasteiger partial charge < -0.3 is 5.32 Å². The predicted octanol–water partition coefficient (Wildman–Crippen LogP) is 5.21. The van der Waals surface area contributed by atoms with E-state index < -0.39 is 0 Å². The number of nitro groups is 1. The summed E-state index contributed by atoms with van der Waals surface area (Å²) in [5.41, 5.74) is 1.29. The normalized spacial score (nSPS) is 10.7. The summed E-state index contributed by atoms with van der Waals surface area (Å²) in [6.45, 7) is 0. The number of thiophene rings is 1. The molecule has 1 heterocycles. The first kappa shape index (κ1) is 12.9. The Hall–Kier alpha value is -2.11. The van der Waals surface area contributed by atoms with Crippen molar-refractivity contribution in [2.45, 2.75) is 0 Å². The van der Waals surface area contributed by atoms with Gasteiger partial charge >= 0.3 is 5.00 Å². The van der Waals surface area contributed by atoms with E-state index in [0.29, 0.717) is 10.7 Å². The summed E-state index contributed by atoms with van der Waals surface area (Å²) in [6.07, 6.45) is 0. The molecule has 100 valence electrons. The second-order valence-corrected chi connectivity index (χ2v) is 5.63. The fourth-order valence-corrected chi connectivity index (χ4v) is 3.06. The van der Waals surface area contributed by atoms with Crippen LogP contribution in [0.1, 0.15) is 0 Å². The third kappa shape index (κ3) is 2.33. The molecule has 0 aliphatic heterocycles. The molecule has 1 N–H and O–H groups in total. The number of hydrogen-bond donors (Lipinski definition) is 1. The van der Waals surface area contributed by atoms with Crippen LogP contribution < -0.4 is 5.32 Å². The highest BCUT2D eigenvalue weighted by atomic mass is 35.5. The molecule has 0 radical (unpaired) electrons. The van der Waals surface area contributed by atoms with Crippen LogP contribution in [0.4, 0.5) is 16.4 Å². The minimum Gasteiger partial charge on any atom is -0.349 e. The first-order valence-corrected chi connectivity index (χ1v) is 7.03. The second-order valence-electron chi connectivity index (χ2n) is 4.17. The number of hydrogen-bond acceptors (Lipinski definition) is 4. The maximum absolute atomic E-state index is 11.2. The van der Waals surface area contributed by atoms with Gasteiger partial charge in [0, 0.05) is 20.8 Å². The predicted molar refractivity (Wildman–Crippen MR) is 83.2 cm³/mol. The molecular weight excluding hydrogens is 296 g/mol. The van der Waals surface area contributed by atoms with E-state index in [1.54, 1.807) is 24.3 Å². The lowest BCUT2D eigenvalue weighted by Gasteiger charge is -2.05. The maximum Gasteiger partial charge on any atom is 0.348 e. The van der Waals surface area contributed by atoms with Crippen LogP contribution in [-0.2, 0) is 0 Å². The van der Waals surface area contributed by atoms with E-state index in [2.05, 4.69) is 5.32 Å². The van der Waals surface area contributed by atoms with Crippen molar-refractivity contribution >= 4 is 49.4 Å². The fraction of sp³-hybridized carbons (Fsp3) is 0. The number of benzene rings is 2. The van der Waals surface area contributed by atoms with E-state index in [-0.39, 0.29) is 9.92 Å². The molecular formula is C14H9ClN2O2S. The summed E-state index contributed by atoms with van der Waals surface area (Å²) >= 11 is 7.00. The highest BCUT2D eigenvalue weighted by Gasteiger charge is 2.21. The van der Waals surface area contributed by atoms with Gasteiger partial charge in [0.1, 0.15) is 5.69 Å². The molecule has 4 nitrogen and oxygen atoms in total. The summed E-state index contributed by atoms with van der Waals surface area (Å²) in [7, 11) is 0. The van der Waals surface area contributed by atoms with Gasteiger partial charge in [-0.1, -0.05) is 41.1 Å². The standard InChI is InChI=1S/C14H9ClN2O2S/c15-9-5-7-10(8-6-9)16-13-11-3-1-2-4-12(11)20-14(13)17(18)19/h1-8,16H. The number of anilines is 2. The van der Waals surface area contributed by atoms with Crippen molar-refractivity contribution in [2.75, 3.05) is 5.32 Å². The molecule has 0 atom stereocenters. The first-order valence-electron chi connectivity index (χ1n) is 5.83. The SMILES string of the molecule is O=[N+]([O-])c1sc2ccccc2c1Nc1ccc(Cl)cc1. The molecule has 3 aromatic rings. The Morgan fingerprint density at radius 2 is 1.80 bits per heavy atom. The van der Waals surface area contributed by atoms with Crippen LogP contribution in [0.3, 0.4) is 0 Å². The van der Waals surface area contributed by atoms with E-state index in [1.165, 1.54) is 11.3 Å². The zero-order chi connectivity index (χ0) is 14.1.